The number of ether oxygens (including phenoxy) is 1. The molecule has 1 fully saturated rings. The Hall–Kier alpha value is -2.76. The third-order valence-electron chi connectivity index (χ3n) is 4.81. The standard InChI is InChI=1S/C20H26N4O2/c1-4-26-20(25)22-19-9-8-17(14-21-19)23-10-12-24(13-11-23)18-7-5-6-15(2)16(18)3/h5-9,14H,4,10-13H2,1-3H3,(H,21,22,25). The van der Waals surface area contributed by atoms with E-state index < -0.39 is 6.09 Å². The minimum Gasteiger partial charge on any atom is -0.450 e. The van der Waals surface area contributed by atoms with Gasteiger partial charge >= 0.3 is 6.09 Å². The van der Waals surface area contributed by atoms with Crippen molar-refractivity contribution in [1.29, 1.82) is 0 Å². The first-order valence-corrected chi connectivity index (χ1v) is 9.04. The fourth-order valence-corrected chi connectivity index (χ4v) is 3.20. The quantitative estimate of drug-likeness (QED) is 0.909. The van der Waals surface area contributed by atoms with Crippen LogP contribution in [0.3, 0.4) is 0 Å². The average Bonchev–Trinajstić information content (AvgIpc) is 2.65. The summed E-state index contributed by atoms with van der Waals surface area (Å²) in [5.41, 5.74) is 5.09. The maximum atomic E-state index is 11.4. The fraction of sp³-hybridized carbons (Fsp3) is 0.400. The predicted molar refractivity (Wildman–Crippen MR) is 105 cm³/mol. The molecule has 0 radical (unpaired) electrons. The SMILES string of the molecule is CCOC(=O)Nc1ccc(N2CCN(c3cccc(C)c3C)CC2)cn1. The molecule has 2 aromatic rings. The maximum Gasteiger partial charge on any atom is 0.412 e. The molecule has 3 rings (SSSR count). The highest BCUT2D eigenvalue weighted by Gasteiger charge is 2.19. The number of nitrogens with zero attached hydrogens (tertiary/aromatic N) is 3. The van der Waals surface area contributed by atoms with E-state index in [0.29, 0.717) is 12.4 Å². The van der Waals surface area contributed by atoms with Crippen LogP contribution in [0, 0.1) is 13.8 Å². The molecule has 0 atom stereocenters. The number of piperazine rings is 1. The van der Waals surface area contributed by atoms with Gasteiger partial charge < -0.3 is 14.5 Å². The number of benzene rings is 1. The highest BCUT2D eigenvalue weighted by atomic mass is 16.5. The van der Waals surface area contributed by atoms with Crippen molar-refractivity contribution in [3.05, 3.63) is 47.7 Å². The zero-order chi connectivity index (χ0) is 18.5. The van der Waals surface area contributed by atoms with E-state index in [4.69, 9.17) is 4.74 Å². The molecule has 1 aliphatic heterocycles. The van der Waals surface area contributed by atoms with Gasteiger partial charge in [-0.25, -0.2) is 9.78 Å². The van der Waals surface area contributed by atoms with E-state index >= 15 is 0 Å². The van der Waals surface area contributed by atoms with Gasteiger partial charge in [-0.1, -0.05) is 12.1 Å². The van der Waals surface area contributed by atoms with Gasteiger partial charge in [-0.2, -0.15) is 0 Å². The van der Waals surface area contributed by atoms with Crippen LogP contribution in [0.1, 0.15) is 18.1 Å². The van der Waals surface area contributed by atoms with Gasteiger partial charge in [-0.05, 0) is 50.1 Å². The molecule has 0 bridgehead atoms. The van der Waals surface area contributed by atoms with Crippen molar-refractivity contribution in [2.24, 2.45) is 0 Å². The number of carbonyl (C=O) groups is 1. The van der Waals surface area contributed by atoms with E-state index in [1.165, 1.54) is 16.8 Å². The number of aryl methyl sites for hydroxylation is 1. The number of hydrogen-bond acceptors (Lipinski definition) is 5. The Morgan fingerprint density at radius 2 is 1.85 bits per heavy atom. The molecule has 6 heteroatoms. The fourth-order valence-electron chi connectivity index (χ4n) is 3.20. The second-order valence-corrected chi connectivity index (χ2v) is 6.44. The number of anilines is 3. The molecule has 1 amide bonds. The summed E-state index contributed by atoms with van der Waals surface area (Å²) in [6, 6.07) is 10.3. The van der Waals surface area contributed by atoms with Crippen LogP contribution in [-0.2, 0) is 4.74 Å². The van der Waals surface area contributed by atoms with Crippen molar-refractivity contribution in [3.8, 4) is 0 Å². The molecule has 1 saturated heterocycles. The number of rotatable bonds is 4. The molecule has 1 aromatic carbocycles. The first kappa shape index (κ1) is 18.0. The van der Waals surface area contributed by atoms with Crippen LogP contribution in [0.4, 0.5) is 22.0 Å². The Kier molecular flexibility index (Phi) is 5.61. The maximum absolute atomic E-state index is 11.4. The first-order valence-electron chi connectivity index (χ1n) is 9.04. The lowest BCUT2D eigenvalue weighted by atomic mass is 10.1. The Labute approximate surface area is 154 Å². The second-order valence-electron chi connectivity index (χ2n) is 6.44. The monoisotopic (exact) mass is 354 g/mol. The van der Waals surface area contributed by atoms with E-state index in [1.54, 1.807) is 13.1 Å². The lowest BCUT2D eigenvalue weighted by molar-refractivity contribution is 0.168. The van der Waals surface area contributed by atoms with Crippen molar-refractivity contribution in [2.45, 2.75) is 20.8 Å². The van der Waals surface area contributed by atoms with Gasteiger partial charge in [0.1, 0.15) is 5.82 Å². The van der Waals surface area contributed by atoms with Crippen LogP contribution in [-0.4, -0.2) is 43.9 Å². The summed E-state index contributed by atoms with van der Waals surface area (Å²) in [6.45, 7) is 10.3. The van der Waals surface area contributed by atoms with Crippen molar-refractivity contribution >= 4 is 23.3 Å². The Morgan fingerprint density at radius 3 is 2.50 bits per heavy atom. The number of hydrogen-bond donors (Lipinski definition) is 1. The molecule has 6 nitrogen and oxygen atoms in total. The molecule has 138 valence electrons. The minimum absolute atomic E-state index is 0.342. The lowest BCUT2D eigenvalue weighted by Crippen LogP contribution is -2.46. The van der Waals surface area contributed by atoms with Gasteiger partial charge in [0.05, 0.1) is 18.5 Å². The van der Waals surface area contributed by atoms with E-state index in [2.05, 4.69) is 52.1 Å². The van der Waals surface area contributed by atoms with Crippen LogP contribution in [0.15, 0.2) is 36.5 Å². The molecule has 1 aliphatic rings. The van der Waals surface area contributed by atoms with Crippen molar-refractivity contribution in [3.63, 3.8) is 0 Å². The highest BCUT2D eigenvalue weighted by Crippen LogP contribution is 2.25. The van der Waals surface area contributed by atoms with Crippen LogP contribution in [0.5, 0.6) is 0 Å². The zero-order valence-electron chi connectivity index (χ0n) is 15.7. The average molecular weight is 354 g/mol. The molecule has 1 N–H and O–H groups in total. The van der Waals surface area contributed by atoms with Crippen LogP contribution < -0.4 is 15.1 Å². The molecule has 1 aromatic heterocycles. The Balaban J connectivity index is 1.59. The van der Waals surface area contributed by atoms with Crippen LogP contribution >= 0.6 is 0 Å². The second kappa shape index (κ2) is 8.08. The van der Waals surface area contributed by atoms with E-state index in [-0.39, 0.29) is 0 Å². The van der Waals surface area contributed by atoms with E-state index in [1.807, 2.05) is 12.1 Å². The summed E-state index contributed by atoms with van der Waals surface area (Å²) < 4.78 is 4.86. The summed E-state index contributed by atoms with van der Waals surface area (Å²) in [5, 5.41) is 2.61. The van der Waals surface area contributed by atoms with Crippen LogP contribution in [0.25, 0.3) is 0 Å². The zero-order valence-corrected chi connectivity index (χ0v) is 15.7. The summed E-state index contributed by atoms with van der Waals surface area (Å²) in [7, 11) is 0. The summed E-state index contributed by atoms with van der Waals surface area (Å²) in [4.78, 5) is 20.5. The molecular formula is C20H26N4O2. The number of aromatic nitrogens is 1. The van der Waals surface area contributed by atoms with Gasteiger partial charge in [0, 0.05) is 31.9 Å². The Morgan fingerprint density at radius 1 is 1.12 bits per heavy atom. The molecule has 0 spiro atoms. The summed E-state index contributed by atoms with van der Waals surface area (Å²) in [6.07, 6.45) is 1.32. The number of carbonyl (C=O) groups excluding carboxylic acids is 1. The van der Waals surface area contributed by atoms with E-state index in [0.717, 1.165) is 31.9 Å². The smallest absolute Gasteiger partial charge is 0.412 e. The summed E-state index contributed by atoms with van der Waals surface area (Å²) >= 11 is 0. The number of amides is 1. The molecule has 26 heavy (non-hydrogen) atoms. The van der Waals surface area contributed by atoms with Crippen molar-refractivity contribution in [1.82, 2.24) is 4.98 Å². The largest absolute Gasteiger partial charge is 0.450 e. The Bertz CT molecular complexity index is 753. The minimum atomic E-state index is -0.477. The van der Waals surface area contributed by atoms with Gasteiger partial charge in [-0.3, -0.25) is 5.32 Å². The van der Waals surface area contributed by atoms with Gasteiger partial charge in [0.15, 0.2) is 0 Å². The number of nitrogens with one attached hydrogen (secondary N) is 1. The molecular weight excluding hydrogens is 328 g/mol. The first-order chi connectivity index (χ1) is 12.6. The van der Waals surface area contributed by atoms with Crippen molar-refractivity contribution < 1.29 is 9.53 Å². The molecule has 0 saturated carbocycles. The molecule has 0 aliphatic carbocycles. The van der Waals surface area contributed by atoms with Gasteiger partial charge in [0.2, 0.25) is 0 Å². The third-order valence-corrected chi connectivity index (χ3v) is 4.81. The van der Waals surface area contributed by atoms with Gasteiger partial charge in [-0.15, -0.1) is 0 Å². The highest BCUT2D eigenvalue weighted by molar-refractivity contribution is 5.83. The molecule has 0 unspecified atom stereocenters. The molecule has 2 heterocycles. The predicted octanol–water partition coefficient (Wildman–Crippen LogP) is 3.59. The van der Waals surface area contributed by atoms with Crippen LogP contribution in [0.2, 0.25) is 0 Å². The lowest BCUT2D eigenvalue weighted by Gasteiger charge is -2.38. The van der Waals surface area contributed by atoms with E-state index in [9.17, 15) is 4.79 Å². The summed E-state index contributed by atoms with van der Waals surface area (Å²) in [5.74, 6) is 0.501. The third kappa shape index (κ3) is 4.07. The topological polar surface area (TPSA) is 57.7 Å². The van der Waals surface area contributed by atoms with Gasteiger partial charge in [0.25, 0.3) is 0 Å². The number of pyridine rings is 1. The van der Waals surface area contributed by atoms with Crippen molar-refractivity contribution in [2.75, 3.05) is 47.9 Å². The normalized spacial score (nSPS) is 14.3.